The number of nitrogens with one attached hydrogen (secondary N) is 2. The summed E-state index contributed by atoms with van der Waals surface area (Å²) in [6, 6.07) is 12.2. The molecule has 1 amide bonds. The average Bonchev–Trinajstić information content (AvgIpc) is 3.30. The Balaban J connectivity index is 1.51. The van der Waals surface area contributed by atoms with Crippen molar-refractivity contribution in [3.8, 4) is 17.3 Å². The fourth-order valence-corrected chi connectivity index (χ4v) is 2.75. The van der Waals surface area contributed by atoms with Crippen LogP contribution in [0.25, 0.3) is 22.7 Å². The number of rotatable bonds is 5. The second-order valence-electron chi connectivity index (χ2n) is 5.79. The maximum atomic E-state index is 12.5. The van der Waals surface area contributed by atoms with Crippen LogP contribution < -0.4 is 5.32 Å². The minimum Gasteiger partial charge on any atom is -0.508 e. The van der Waals surface area contributed by atoms with Crippen molar-refractivity contribution in [1.82, 2.24) is 20.3 Å². The van der Waals surface area contributed by atoms with E-state index in [9.17, 15) is 9.90 Å². The Morgan fingerprint density at radius 2 is 2.15 bits per heavy atom. The van der Waals surface area contributed by atoms with Gasteiger partial charge in [-0.3, -0.25) is 4.79 Å². The third kappa shape index (κ3) is 3.14. The van der Waals surface area contributed by atoms with Gasteiger partial charge in [-0.1, -0.05) is 12.1 Å². The molecule has 1 aromatic carbocycles. The van der Waals surface area contributed by atoms with Crippen LogP contribution in [0.4, 0.5) is 0 Å². The number of aromatic hydroxyl groups is 1. The van der Waals surface area contributed by atoms with E-state index in [0.29, 0.717) is 41.3 Å². The minimum absolute atomic E-state index is 0.214. The Kier molecular flexibility index (Phi) is 4.10. The number of nitrogens with zero attached hydrogens (tertiary/aromatic N) is 2. The molecule has 0 atom stereocenters. The summed E-state index contributed by atoms with van der Waals surface area (Å²) in [7, 11) is 0. The largest absolute Gasteiger partial charge is 0.508 e. The van der Waals surface area contributed by atoms with E-state index in [-0.39, 0.29) is 11.7 Å². The summed E-state index contributed by atoms with van der Waals surface area (Å²) in [6.45, 7) is 0.446. The van der Waals surface area contributed by atoms with Crippen molar-refractivity contribution in [3.05, 3.63) is 66.1 Å². The highest BCUT2D eigenvalue weighted by Crippen LogP contribution is 2.21. The number of amides is 1. The highest BCUT2D eigenvalue weighted by Gasteiger charge is 2.16. The van der Waals surface area contributed by atoms with Gasteiger partial charge in [0.2, 0.25) is 0 Å². The predicted octanol–water partition coefficient (Wildman–Crippen LogP) is 2.90. The number of pyridine rings is 1. The van der Waals surface area contributed by atoms with E-state index >= 15 is 0 Å². The smallest absolute Gasteiger partial charge is 0.253 e. The number of carbonyl (C=O) groups excluding carboxylic acids is 1. The number of aromatic nitrogens is 3. The zero-order valence-corrected chi connectivity index (χ0v) is 13.8. The third-order valence-corrected chi connectivity index (χ3v) is 3.99. The van der Waals surface area contributed by atoms with Gasteiger partial charge < -0.3 is 19.8 Å². The van der Waals surface area contributed by atoms with E-state index < -0.39 is 0 Å². The van der Waals surface area contributed by atoms with E-state index in [0.717, 1.165) is 5.56 Å². The molecule has 0 unspecified atom stereocenters. The zero-order chi connectivity index (χ0) is 17.9. The summed E-state index contributed by atoms with van der Waals surface area (Å²) < 4.78 is 5.33. The van der Waals surface area contributed by atoms with Crippen molar-refractivity contribution in [2.75, 3.05) is 6.54 Å². The molecular formula is C19H16N4O3. The summed E-state index contributed by atoms with van der Waals surface area (Å²) in [5, 5.41) is 12.4. The molecule has 7 heteroatoms. The van der Waals surface area contributed by atoms with E-state index in [1.165, 1.54) is 0 Å². The maximum absolute atomic E-state index is 12.5. The third-order valence-electron chi connectivity index (χ3n) is 3.99. The van der Waals surface area contributed by atoms with E-state index in [1.54, 1.807) is 48.9 Å². The number of carbonyl (C=O) groups is 1. The van der Waals surface area contributed by atoms with Crippen molar-refractivity contribution in [2.45, 2.75) is 6.42 Å². The number of phenols is 1. The van der Waals surface area contributed by atoms with Gasteiger partial charge >= 0.3 is 0 Å². The van der Waals surface area contributed by atoms with Crippen LogP contribution in [0.15, 0.2) is 59.3 Å². The van der Waals surface area contributed by atoms with Crippen molar-refractivity contribution in [2.24, 2.45) is 0 Å². The second kappa shape index (κ2) is 6.72. The first-order chi connectivity index (χ1) is 12.7. The Bertz CT molecular complexity index is 1050. The molecule has 0 bridgehead atoms. The molecular weight excluding hydrogens is 332 g/mol. The molecule has 0 aliphatic rings. The molecule has 0 aliphatic carbocycles. The number of phenolic OH excluding ortho intramolecular Hbond substituents is 1. The average molecular weight is 348 g/mol. The van der Waals surface area contributed by atoms with Gasteiger partial charge in [0, 0.05) is 12.7 Å². The Labute approximate surface area is 148 Å². The molecule has 4 rings (SSSR count). The van der Waals surface area contributed by atoms with Crippen LogP contribution in [0.3, 0.4) is 0 Å². The maximum Gasteiger partial charge on any atom is 0.253 e. The standard InChI is InChI=1S/C19H16N4O3/c24-13-4-1-3-12(11-13)6-8-21-19(25)14-7-9-20-18-16(14)22-17(23-18)15-5-2-10-26-15/h1-5,7,9-11,24H,6,8H2,(H,21,25)(H,20,22,23). The molecule has 0 radical (unpaired) electrons. The van der Waals surface area contributed by atoms with Crippen LogP contribution in [0.1, 0.15) is 15.9 Å². The fraction of sp³-hybridized carbons (Fsp3) is 0.105. The fourth-order valence-electron chi connectivity index (χ4n) is 2.75. The SMILES string of the molecule is O=C(NCCc1cccc(O)c1)c1ccnc2[nH]c(-c3ccco3)nc12. The number of H-pyrrole nitrogens is 1. The highest BCUT2D eigenvalue weighted by atomic mass is 16.3. The first kappa shape index (κ1) is 15.9. The molecule has 0 saturated carbocycles. The van der Waals surface area contributed by atoms with Crippen LogP contribution in [0.2, 0.25) is 0 Å². The minimum atomic E-state index is -0.227. The van der Waals surface area contributed by atoms with Crippen LogP contribution in [-0.2, 0) is 6.42 Å². The summed E-state index contributed by atoms with van der Waals surface area (Å²) in [5.41, 5.74) is 2.41. The van der Waals surface area contributed by atoms with Crippen molar-refractivity contribution >= 4 is 17.1 Å². The lowest BCUT2D eigenvalue weighted by molar-refractivity contribution is 0.0955. The van der Waals surface area contributed by atoms with Gasteiger partial charge in [0.25, 0.3) is 5.91 Å². The lowest BCUT2D eigenvalue weighted by atomic mass is 10.1. The number of fused-ring (bicyclic) bond motifs is 1. The number of hydrogen-bond acceptors (Lipinski definition) is 5. The van der Waals surface area contributed by atoms with Gasteiger partial charge in [-0.2, -0.15) is 0 Å². The van der Waals surface area contributed by atoms with Crippen LogP contribution in [-0.4, -0.2) is 32.5 Å². The monoisotopic (exact) mass is 348 g/mol. The summed E-state index contributed by atoms with van der Waals surface area (Å²) in [5.74, 6) is 1.09. The van der Waals surface area contributed by atoms with Crippen molar-refractivity contribution in [1.29, 1.82) is 0 Å². The zero-order valence-electron chi connectivity index (χ0n) is 13.8. The van der Waals surface area contributed by atoms with Gasteiger partial charge in [0.1, 0.15) is 11.3 Å². The van der Waals surface area contributed by atoms with E-state index in [4.69, 9.17) is 4.42 Å². The molecule has 0 fully saturated rings. The van der Waals surface area contributed by atoms with Gasteiger partial charge in [-0.15, -0.1) is 0 Å². The molecule has 3 heterocycles. The number of furan rings is 1. The number of aromatic amines is 1. The topological polar surface area (TPSA) is 104 Å². The Hall–Kier alpha value is -3.61. The molecule has 4 aromatic rings. The predicted molar refractivity (Wildman–Crippen MR) is 95.7 cm³/mol. The summed E-state index contributed by atoms with van der Waals surface area (Å²) in [6.07, 6.45) is 3.74. The first-order valence-corrected chi connectivity index (χ1v) is 8.15. The molecule has 0 spiro atoms. The molecule has 26 heavy (non-hydrogen) atoms. The number of hydrogen-bond donors (Lipinski definition) is 3. The van der Waals surface area contributed by atoms with E-state index in [1.807, 2.05) is 6.07 Å². The lowest BCUT2D eigenvalue weighted by Gasteiger charge is -2.06. The Morgan fingerprint density at radius 3 is 2.96 bits per heavy atom. The first-order valence-electron chi connectivity index (χ1n) is 8.15. The molecule has 7 nitrogen and oxygen atoms in total. The Morgan fingerprint density at radius 1 is 1.23 bits per heavy atom. The van der Waals surface area contributed by atoms with Gasteiger partial charge in [0.05, 0.1) is 11.8 Å². The highest BCUT2D eigenvalue weighted by molar-refractivity contribution is 6.04. The van der Waals surface area contributed by atoms with E-state index in [2.05, 4.69) is 20.3 Å². The summed E-state index contributed by atoms with van der Waals surface area (Å²) in [4.78, 5) is 24.3. The molecule has 3 N–H and O–H groups in total. The van der Waals surface area contributed by atoms with Crippen LogP contribution in [0.5, 0.6) is 5.75 Å². The van der Waals surface area contributed by atoms with Crippen molar-refractivity contribution < 1.29 is 14.3 Å². The van der Waals surface area contributed by atoms with Gasteiger partial charge in [0.15, 0.2) is 17.2 Å². The van der Waals surface area contributed by atoms with Gasteiger partial charge in [-0.25, -0.2) is 9.97 Å². The quantitative estimate of drug-likeness (QED) is 0.514. The normalized spacial score (nSPS) is 10.9. The van der Waals surface area contributed by atoms with Crippen LogP contribution >= 0.6 is 0 Å². The van der Waals surface area contributed by atoms with Crippen LogP contribution in [0, 0.1) is 0 Å². The molecule has 3 aromatic heterocycles. The van der Waals surface area contributed by atoms with Crippen molar-refractivity contribution in [3.63, 3.8) is 0 Å². The number of benzene rings is 1. The summed E-state index contributed by atoms with van der Waals surface area (Å²) >= 11 is 0. The molecule has 0 aliphatic heterocycles. The lowest BCUT2D eigenvalue weighted by Crippen LogP contribution is -2.26. The molecule has 130 valence electrons. The van der Waals surface area contributed by atoms with Gasteiger partial charge in [-0.05, 0) is 42.3 Å². The number of imidazole rings is 1. The molecule has 0 saturated heterocycles. The second-order valence-corrected chi connectivity index (χ2v) is 5.79.